The summed E-state index contributed by atoms with van der Waals surface area (Å²) in [5, 5.41) is 9.22. The number of benzene rings is 1. The third kappa shape index (κ3) is 2.13. The van der Waals surface area contributed by atoms with Crippen molar-refractivity contribution in [3.8, 4) is 0 Å². The van der Waals surface area contributed by atoms with Crippen molar-refractivity contribution in [1.29, 1.82) is 0 Å². The van der Waals surface area contributed by atoms with Gasteiger partial charge in [0.05, 0.1) is 12.1 Å². The maximum atomic E-state index is 12.1. The molecule has 3 rings (SSSR count). The molecule has 0 saturated heterocycles. The van der Waals surface area contributed by atoms with E-state index >= 15 is 0 Å². The monoisotopic (exact) mass is 269 g/mol. The molecule has 4 nitrogen and oxygen atoms in total. The van der Waals surface area contributed by atoms with Gasteiger partial charge in [0.25, 0.3) is 5.56 Å². The van der Waals surface area contributed by atoms with Crippen LogP contribution in [-0.4, -0.2) is 15.6 Å². The van der Waals surface area contributed by atoms with Gasteiger partial charge in [0, 0.05) is 11.8 Å². The van der Waals surface area contributed by atoms with Gasteiger partial charge in [-0.2, -0.15) is 0 Å². The Labute approximate surface area is 116 Å². The molecule has 0 saturated carbocycles. The third-order valence-corrected chi connectivity index (χ3v) is 3.83. The van der Waals surface area contributed by atoms with Crippen LogP contribution in [-0.2, 0) is 19.4 Å². The van der Waals surface area contributed by atoms with E-state index in [4.69, 9.17) is 0 Å². The number of carboxylic acid groups (broad SMARTS) is 1. The molecule has 0 bridgehead atoms. The van der Waals surface area contributed by atoms with Gasteiger partial charge in [0.15, 0.2) is 0 Å². The molecular weight excluding hydrogens is 254 g/mol. The Hall–Kier alpha value is -2.36. The lowest BCUT2D eigenvalue weighted by molar-refractivity contribution is 0.0695. The summed E-state index contributed by atoms with van der Waals surface area (Å²) in [6.45, 7) is 0.324. The van der Waals surface area contributed by atoms with Crippen LogP contribution >= 0.6 is 0 Å². The lowest BCUT2D eigenvalue weighted by atomic mass is 10.1. The van der Waals surface area contributed by atoms with Crippen LogP contribution in [0.5, 0.6) is 0 Å². The zero-order chi connectivity index (χ0) is 14.1. The summed E-state index contributed by atoms with van der Waals surface area (Å²) < 4.78 is 1.71. The van der Waals surface area contributed by atoms with Crippen molar-refractivity contribution in [2.45, 2.75) is 25.8 Å². The number of aromatic carboxylic acids is 1. The van der Waals surface area contributed by atoms with E-state index in [0.717, 1.165) is 25.0 Å². The smallest absolute Gasteiger partial charge is 0.336 e. The predicted octanol–water partition coefficient (Wildman–Crippen LogP) is 2.08. The van der Waals surface area contributed by atoms with Gasteiger partial charge in [-0.3, -0.25) is 4.79 Å². The summed E-state index contributed by atoms with van der Waals surface area (Å²) in [4.78, 5) is 23.3. The van der Waals surface area contributed by atoms with E-state index in [1.807, 2.05) is 6.07 Å². The summed E-state index contributed by atoms with van der Waals surface area (Å²) in [6, 6.07) is 10.3. The van der Waals surface area contributed by atoms with Crippen LogP contribution in [0.4, 0.5) is 0 Å². The Kier molecular flexibility index (Phi) is 3.14. The Morgan fingerprint density at radius 3 is 2.75 bits per heavy atom. The molecule has 0 radical (unpaired) electrons. The molecule has 20 heavy (non-hydrogen) atoms. The Bertz CT molecular complexity index is 731. The van der Waals surface area contributed by atoms with E-state index in [1.54, 1.807) is 34.9 Å². The van der Waals surface area contributed by atoms with Gasteiger partial charge in [-0.15, -0.1) is 0 Å². The van der Waals surface area contributed by atoms with Crippen molar-refractivity contribution in [2.75, 3.05) is 0 Å². The van der Waals surface area contributed by atoms with E-state index in [2.05, 4.69) is 0 Å². The van der Waals surface area contributed by atoms with Gasteiger partial charge in [-0.1, -0.05) is 24.3 Å². The maximum absolute atomic E-state index is 12.1. The van der Waals surface area contributed by atoms with Crippen LogP contribution in [0, 0.1) is 0 Å². The van der Waals surface area contributed by atoms with Crippen molar-refractivity contribution >= 4 is 5.97 Å². The minimum atomic E-state index is -0.957. The first kappa shape index (κ1) is 12.7. The molecule has 102 valence electrons. The number of nitrogens with zero attached hydrogens (tertiary/aromatic N) is 1. The predicted molar refractivity (Wildman–Crippen MR) is 75.2 cm³/mol. The summed E-state index contributed by atoms with van der Waals surface area (Å²) in [5.41, 5.74) is 3.12. The van der Waals surface area contributed by atoms with Crippen LogP contribution in [0.3, 0.4) is 0 Å². The number of hydrogen-bond donors (Lipinski definition) is 1. The van der Waals surface area contributed by atoms with Crippen molar-refractivity contribution in [1.82, 2.24) is 4.57 Å². The van der Waals surface area contributed by atoms with Crippen LogP contribution in [0.25, 0.3) is 0 Å². The van der Waals surface area contributed by atoms with Gasteiger partial charge in [0.1, 0.15) is 0 Å². The molecule has 1 aromatic carbocycles. The van der Waals surface area contributed by atoms with Crippen molar-refractivity contribution in [2.24, 2.45) is 0 Å². The third-order valence-electron chi connectivity index (χ3n) is 3.83. The molecule has 0 aliphatic heterocycles. The molecule has 1 aliphatic rings. The minimum Gasteiger partial charge on any atom is -0.478 e. The summed E-state index contributed by atoms with van der Waals surface area (Å²) in [7, 11) is 0. The first-order valence-electron chi connectivity index (χ1n) is 6.69. The molecule has 1 heterocycles. The zero-order valence-electron chi connectivity index (χ0n) is 11.0. The van der Waals surface area contributed by atoms with Crippen LogP contribution in [0.15, 0.2) is 41.2 Å². The first-order valence-corrected chi connectivity index (χ1v) is 6.69. The minimum absolute atomic E-state index is 0.0640. The van der Waals surface area contributed by atoms with Gasteiger partial charge >= 0.3 is 5.97 Å². The molecule has 1 N–H and O–H groups in total. The maximum Gasteiger partial charge on any atom is 0.336 e. The van der Waals surface area contributed by atoms with E-state index in [9.17, 15) is 14.7 Å². The zero-order valence-corrected chi connectivity index (χ0v) is 11.0. The Balaban J connectivity index is 2.07. The largest absolute Gasteiger partial charge is 0.478 e. The Morgan fingerprint density at radius 1 is 1.15 bits per heavy atom. The van der Waals surface area contributed by atoms with Crippen molar-refractivity contribution in [3.05, 3.63) is 69.1 Å². The van der Waals surface area contributed by atoms with Crippen molar-refractivity contribution < 1.29 is 9.90 Å². The number of aryl methyl sites for hydroxylation is 1. The van der Waals surface area contributed by atoms with Gasteiger partial charge in [-0.05, 0) is 36.5 Å². The molecule has 2 aromatic rings. The highest BCUT2D eigenvalue weighted by Crippen LogP contribution is 2.21. The standard InChI is InChI=1S/C16H15NO3/c18-15-9-8-11-5-3-7-14(11)17(15)10-12-4-1-2-6-13(12)16(19)20/h1-2,4,6,8-9H,3,5,7,10H2,(H,19,20). The first-order chi connectivity index (χ1) is 9.66. The molecule has 0 fully saturated rings. The van der Waals surface area contributed by atoms with Gasteiger partial charge in [0.2, 0.25) is 0 Å². The topological polar surface area (TPSA) is 59.3 Å². The molecule has 1 aromatic heterocycles. The normalized spacial score (nSPS) is 13.2. The number of carbonyl (C=O) groups is 1. The molecule has 0 unspecified atom stereocenters. The molecule has 0 spiro atoms. The second-order valence-corrected chi connectivity index (χ2v) is 5.05. The molecule has 4 heteroatoms. The van der Waals surface area contributed by atoms with Crippen LogP contribution in [0.1, 0.15) is 33.6 Å². The molecule has 1 aliphatic carbocycles. The highest BCUT2D eigenvalue weighted by molar-refractivity contribution is 5.89. The number of fused-ring (bicyclic) bond motifs is 1. The fourth-order valence-electron chi connectivity index (χ4n) is 2.84. The molecule has 0 atom stereocenters. The lowest BCUT2D eigenvalue weighted by Gasteiger charge is -2.13. The fourth-order valence-corrected chi connectivity index (χ4v) is 2.84. The quantitative estimate of drug-likeness (QED) is 0.928. The second kappa shape index (κ2) is 4.96. The van der Waals surface area contributed by atoms with Gasteiger partial charge < -0.3 is 9.67 Å². The molecular formula is C16H15NO3. The van der Waals surface area contributed by atoms with Gasteiger partial charge in [-0.25, -0.2) is 4.79 Å². The van der Waals surface area contributed by atoms with Crippen LogP contribution in [0.2, 0.25) is 0 Å². The second-order valence-electron chi connectivity index (χ2n) is 5.05. The molecule has 0 amide bonds. The highest BCUT2D eigenvalue weighted by atomic mass is 16.4. The highest BCUT2D eigenvalue weighted by Gasteiger charge is 2.17. The van der Waals surface area contributed by atoms with E-state index < -0.39 is 5.97 Å². The lowest BCUT2D eigenvalue weighted by Crippen LogP contribution is -2.24. The van der Waals surface area contributed by atoms with E-state index in [-0.39, 0.29) is 11.1 Å². The van der Waals surface area contributed by atoms with E-state index in [0.29, 0.717) is 12.1 Å². The number of carboxylic acids is 1. The summed E-state index contributed by atoms with van der Waals surface area (Å²) in [6.07, 6.45) is 2.94. The summed E-state index contributed by atoms with van der Waals surface area (Å²) in [5.74, 6) is -0.957. The van der Waals surface area contributed by atoms with Crippen molar-refractivity contribution in [3.63, 3.8) is 0 Å². The Morgan fingerprint density at radius 2 is 1.95 bits per heavy atom. The fraction of sp³-hybridized carbons (Fsp3) is 0.250. The number of aromatic nitrogens is 1. The number of pyridine rings is 1. The number of hydrogen-bond acceptors (Lipinski definition) is 2. The van der Waals surface area contributed by atoms with Crippen LogP contribution < -0.4 is 5.56 Å². The summed E-state index contributed by atoms with van der Waals surface area (Å²) >= 11 is 0. The average molecular weight is 269 g/mol. The SMILES string of the molecule is O=C(O)c1ccccc1Cn1c2c(ccc1=O)CCC2. The van der Waals surface area contributed by atoms with E-state index in [1.165, 1.54) is 5.56 Å². The average Bonchev–Trinajstić information content (AvgIpc) is 2.91. The number of rotatable bonds is 3.